The van der Waals surface area contributed by atoms with E-state index in [0.29, 0.717) is 0 Å². The summed E-state index contributed by atoms with van der Waals surface area (Å²) in [6.45, 7) is 20.1. The Labute approximate surface area is 208 Å². The first kappa shape index (κ1) is 29.5. The number of azide groups is 1. The van der Waals surface area contributed by atoms with Crippen LogP contribution in [-0.2, 0) is 13.6 Å². The van der Waals surface area contributed by atoms with Gasteiger partial charge < -0.3 is 13.6 Å². The van der Waals surface area contributed by atoms with Crippen LogP contribution in [0.3, 0.4) is 0 Å². The van der Waals surface area contributed by atoms with E-state index in [4.69, 9.17) is 19.1 Å². The smallest absolute Gasteiger partial charge is 0.330 e. The number of hydrogen-bond acceptors (Lipinski definition) is 6. The second-order valence-electron chi connectivity index (χ2n) is 12.3. The second-order valence-corrected chi connectivity index (χ2v) is 21.8. The highest BCUT2D eigenvalue weighted by Crippen LogP contribution is 2.47. The van der Waals surface area contributed by atoms with Crippen LogP contribution in [0, 0.1) is 0 Å². The average molecular weight is 530 g/mol. The van der Waals surface area contributed by atoms with Gasteiger partial charge in [-0.1, -0.05) is 46.7 Å². The molecule has 10 nitrogen and oxygen atoms in total. The molecule has 1 aromatic rings. The Kier molecular flexibility index (Phi) is 8.37. The number of H-pyrrole nitrogens is 1. The van der Waals surface area contributed by atoms with E-state index in [1.807, 2.05) is 33.9 Å². The van der Waals surface area contributed by atoms with E-state index in [2.05, 4.69) is 48.9 Å². The number of alkyl halides is 1. The molecular weight excluding hydrogens is 489 g/mol. The number of hydrogen-bond donors (Lipinski definition) is 1. The number of aromatic amines is 1. The van der Waals surface area contributed by atoms with Crippen LogP contribution in [0.5, 0.6) is 0 Å². The van der Waals surface area contributed by atoms with Crippen LogP contribution in [0.4, 0.5) is 4.39 Å². The van der Waals surface area contributed by atoms with Crippen molar-refractivity contribution in [1.82, 2.24) is 9.55 Å². The highest BCUT2D eigenvalue weighted by atomic mass is 28.4. The average Bonchev–Trinajstić information content (AvgIpc) is 2.95. The quantitative estimate of drug-likeness (QED) is 0.222. The monoisotopic (exact) mass is 529 g/mol. The lowest BCUT2D eigenvalue weighted by atomic mass is 9.97. The van der Waals surface area contributed by atoms with E-state index in [9.17, 15) is 9.59 Å². The maximum absolute atomic E-state index is 16.3. The summed E-state index contributed by atoms with van der Waals surface area (Å²) in [4.78, 5) is 29.1. The van der Waals surface area contributed by atoms with Crippen LogP contribution >= 0.6 is 0 Å². The molecule has 0 aromatic carbocycles. The first-order chi connectivity index (χ1) is 15.8. The highest BCUT2D eigenvalue weighted by molar-refractivity contribution is 6.74. The predicted octanol–water partition coefficient (Wildman–Crippen LogP) is 4.86. The van der Waals surface area contributed by atoms with Crippen LogP contribution in [0.15, 0.2) is 27.0 Å². The summed E-state index contributed by atoms with van der Waals surface area (Å²) in [5, 5.41) is 3.37. The zero-order chi connectivity index (χ0) is 27.0. The summed E-state index contributed by atoms with van der Waals surface area (Å²) >= 11 is 0. The minimum Gasteiger partial charge on any atom is -0.414 e. The van der Waals surface area contributed by atoms with Gasteiger partial charge >= 0.3 is 5.69 Å². The molecule has 0 saturated carbocycles. The van der Waals surface area contributed by atoms with Crippen molar-refractivity contribution in [2.75, 3.05) is 13.2 Å². The van der Waals surface area contributed by atoms with Crippen molar-refractivity contribution in [3.05, 3.63) is 43.5 Å². The van der Waals surface area contributed by atoms with Crippen molar-refractivity contribution in [1.29, 1.82) is 0 Å². The van der Waals surface area contributed by atoms with Gasteiger partial charge in [0.25, 0.3) is 5.56 Å². The van der Waals surface area contributed by atoms with Gasteiger partial charge in [-0.25, -0.2) is 9.18 Å². The third-order valence-electron chi connectivity index (χ3n) is 7.67. The predicted molar refractivity (Wildman–Crippen MR) is 138 cm³/mol. The van der Waals surface area contributed by atoms with Gasteiger partial charge in [-0.2, -0.15) is 0 Å². The van der Waals surface area contributed by atoms with Gasteiger partial charge in [0, 0.05) is 17.2 Å². The highest BCUT2D eigenvalue weighted by Gasteiger charge is 2.60. The molecule has 4 atom stereocenters. The Balaban J connectivity index is 2.64. The molecule has 1 saturated heterocycles. The van der Waals surface area contributed by atoms with Gasteiger partial charge in [0.15, 0.2) is 29.0 Å². The van der Waals surface area contributed by atoms with Gasteiger partial charge in [-0.3, -0.25) is 14.3 Å². The summed E-state index contributed by atoms with van der Waals surface area (Å²) in [5.74, 6) is 0. The lowest BCUT2D eigenvalue weighted by Crippen LogP contribution is -2.58. The Hall–Kier alpha value is -1.77. The number of halogens is 1. The van der Waals surface area contributed by atoms with Gasteiger partial charge in [-0.05, 0) is 41.8 Å². The lowest BCUT2D eigenvalue weighted by Gasteiger charge is -2.44. The molecule has 0 radical (unpaired) electrons. The van der Waals surface area contributed by atoms with E-state index in [1.165, 1.54) is 6.20 Å². The summed E-state index contributed by atoms with van der Waals surface area (Å²) < 4.78 is 36.5. The first-order valence-corrected chi connectivity index (χ1v) is 17.6. The van der Waals surface area contributed by atoms with Gasteiger partial charge in [0.05, 0.1) is 13.2 Å². The van der Waals surface area contributed by atoms with Gasteiger partial charge in [0.1, 0.15) is 11.7 Å². The third-order valence-corrected chi connectivity index (χ3v) is 16.6. The molecule has 13 heteroatoms. The van der Waals surface area contributed by atoms with Crippen molar-refractivity contribution >= 4 is 16.6 Å². The largest absolute Gasteiger partial charge is 0.414 e. The molecule has 0 amide bonds. The topological polar surface area (TPSA) is 131 Å². The number of ether oxygens (including phenoxy) is 1. The Bertz CT molecular complexity index is 1070. The summed E-state index contributed by atoms with van der Waals surface area (Å²) in [6.07, 6.45) is -3.15. The van der Waals surface area contributed by atoms with Gasteiger partial charge in [-0.15, -0.1) is 0 Å². The van der Waals surface area contributed by atoms with Crippen LogP contribution in [0.2, 0.25) is 36.3 Å². The molecule has 1 N–H and O–H groups in total. The fourth-order valence-corrected chi connectivity index (χ4v) is 5.65. The third kappa shape index (κ3) is 6.15. The summed E-state index contributed by atoms with van der Waals surface area (Å²) in [5.41, 5.74) is 6.24. The molecule has 2 rings (SSSR count). The number of nitrogens with zero attached hydrogens (tertiary/aromatic N) is 4. The normalized spacial score (nSPS) is 26.0. The standard InChI is InChI=1S/C22H40FN5O5Si2/c1-20(2,3)34(7,8)31-14-22(13-25-27-24)17(33-35(9,10)21(4,5)6)16(23)18(32-22)28-12-11-15(29)26-19(28)30/h11-12,16-18H,13-14H2,1-10H3,(H,26,29,30)/t16-,17?,18-,22?/m1/s1. The molecular formula is C22H40FN5O5Si2. The molecule has 0 aliphatic carbocycles. The Morgan fingerprint density at radius 1 is 1.17 bits per heavy atom. The maximum Gasteiger partial charge on any atom is 0.330 e. The molecule has 2 heterocycles. The molecule has 0 bridgehead atoms. The first-order valence-electron chi connectivity index (χ1n) is 11.7. The molecule has 2 unspecified atom stereocenters. The SMILES string of the molecule is CC(C)(C)[Si](C)(C)OCC1(CN=[N+]=[N-])O[C@@H](n2ccc(=O)[nH]c2=O)[C@H](F)C1O[Si](C)(C)C(C)(C)C. The molecule has 1 aromatic heterocycles. The Morgan fingerprint density at radius 3 is 2.23 bits per heavy atom. The van der Waals surface area contributed by atoms with E-state index in [-0.39, 0.29) is 23.2 Å². The number of nitrogens with one attached hydrogen (secondary N) is 1. The number of aromatic nitrogens is 2. The van der Waals surface area contributed by atoms with Crippen LogP contribution in [0.1, 0.15) is 47.8 Å². The molecule has 1 aliphatic heterocycles. The maximum atomic E-state index is 16.3. The molecule has 198 valence electrons. The fraction of sp³-hybridized carbons (Fsp3) is 0.818. The molecule has 1 fully saturated rings. The minimum absolute atomic E-state index is 0.0726. The van der Waals surface area contributed by atoms with Crippen LogP contribution in [0.25, 0.3) is 10.4 Å². The second kappa shape index (κ2) is 9.94. The fourth-order valence-electron chi connectivity index (χ4n) is 3.28. The molecule has 0 spiro atoms. The number of rotatable bonds is 8. The van der Waals surface area contributed by atoms with E-state index < -0.39 is 52.0 Å². The van der Waals surface area contributed by atoms with Crippen molar-refractivity contribution in [3.8, 4) is 0 Å². The zero-order valence-corrected chi connectivity index (χ0v) is 24.5. The van der Waals surface area contributed by atoms with Crippen molar-refractivity contribution in [2.45, 2.75) is 102 Å². The van der Waals surface area contributed by atoms with Crippen molar-refractivity contribution < 1.29 is 18.0 Å². The van der Waals surface area contributed by atoms with E-state index in [0.717, 1.165) is 10.6 Å². The van der Waals surface area contributed by atoms with E-state index >= 15 is 4.39 Å². The molecule has 1 aliphatic rings. The van der Waals surface area contributed by atoms with E-state index in [1.54, 1.807) is 0 Å². The zero-order valence-electron chi connectivity index (χ0n) is 22.5. The van der Waals surface area contributed by atoms with Crippen LogP contribution < -0.4 is 11.2 Å². The molecule has 35 heavy (non-hydrogen) atoms. The minimum atomic E-state index is -2.55. The Morgan fingerprint density at radius 2 is 1.74 bits per heavy atom. The van der Waals surface area contributed by atoms with Crippen LogP contribution in [-0.4, -0.2) is 57.2 Å². The lowest BCUT2D eigenvalue weighted by molar-refractivity contribution is -0.117. The summed E-state index contributed by atoms with van der Waals surface area (Å²) in [6, 6.07) is 1.13. The summed E-state index contributed by atoms with van der Waals surface area (Å²) in [7, 11) is -4.87. The van der Waals surface area contributed by atoms with Gasteiger partial charge in [0.2, 0.25) is 0 Å². The van der Waals surface area contributed by atoms with Crippen molar-refractivity contribution in [3.63, 3.8) is 0 Å². The van der Waals surface area contributed by atoms with Crippen molar-refractivity contribution in [2.24, 2.45) is 5.11 Å².